The SMILES string of the molecule is O=C(NCc1cccc(F)c1)[C@H]1CC[C@H](c2ccccc2)N(C(=O)C2CC2)C1. The summed E-state index contributed by atoms with van der Waals surface area (Å²) in [6.45, 7) is 0.746. The lowest BCUT2D eigenvalue weighted by Crippen LogP contribution is -2.47. The third-order valence-corrected chi connectivity index (χ3v) is 5.70. The Balaban J connectivity index is 1.43. The van der Waals surface area contributed by atoms with Gasteiger partial charge in [0.15, 0.2) is 0 Å². The van der Waals surface area contributed by atoms with E-state index in [-0.39, 0.29) is 35.5 Å². The lowest BCUT2D eigenvalue weighted by Gasteiger charge is -2.39. The Labute approximate surface area is 164 Å². The van der Waals surface area contributed by atoms with Crippen molar-refractivity contribution in [3.63, 3.8) is 0 Å². The zero-order valence-electron chi connectivity index (χ0n) is 15.8. The molecule has 0 radical (unpaired) electrons. The molecule has 1 saturated heterocycles. The Bertz CT molecular complexity index is 851. The fraction of sp³-hybridized carbons (Fsp3) is 0.391. The summed E-state index contributed by atoms with van der Waals surface area (Å²) in [6.07, 6.45) is 3.42. The van der Waals surface area contributed by atoms with Gasteiger partial charge < -0.3 is 10.2 Å². The molecule has 1 aliphatic carbocycles. The molecule has 2 fully saturated rings. The Kier molecular flexibility index (Phi) is 5.42. The minimum absolute atomic E-state index is 0.0431. The molecule has 4 rings (SSSR count). The summed E-state index contributed by atoms with van der Waals surface area (Å²) >= 11 is 0. The highest BCUT2D eigenvalue weighted by Crippen LogP contribution is 2.39. The van der Waals surface area contributed by atoms with E-state index in [4.69, 9.17) is 0 Å². The van der Waals surface area contributed by atoms with Crippen LogP contribution in [0.1, 0.15) is 42.9 Å². The normalized spacial score (nSPS) is 22.0. The number of halogens is 1. The predicted molar refractivity (Wildman–Crippen MR) is 105 cm³/mol. The molecule has 1 heterocycles. The number of nitrogens with one attached hydrogen (secondary N) is 1. The van der Waals surface area contributed by atoms with Crippen molar-refractivity contribution in [3.8, 4) is 0 Å². The maximum atomic E-state index is 13.3. The van der Waals surface area contributed by atoms with Gasteiger partial charge in [0.2, 0.25) is 11.8 Å². The van der Waals surface area contributed by atoms with Gasteiger partial charge in [0.05, 0.1) is 12.0 Å². The number of amides is 2. The Morgan fingerprint density at radius 2 is 1.71 bits per heavy atom. The van der Waals surface area contributed by atoms with E-state index in [9.17, 15) is 14.0 Å². The summed E-state index contributed by atoms with van der Waals surface area (Å²) in [5.41, 5.74) is 1.87. The molecular weight excluding hydrogens is 355 g/mol. The highest BCUT2D eigenvalue weighted by molar-refractivity contribution is 5.84. The first-order valence-corrected chi connectivity index (χ1v) is 9.99. The number of hydrogen-bond acceptors (Lipinski definition) is 2. The lowest BCUT2D eigenvalue weighted by molar-refractivity contribution is -0.140. The monoisotopic (exact) mass is 380 g/mol. The van der Waals surface area contributed by atoms with Gasteiger partial charge in [0, 0.05) is 19.0 Å². The van der Waals surface area contributed by atoms with Gasteiger partial charge in [-0.1, -0.05) is 42.5 Å². The minimum Gasteiger partial charge on any atom is -0.352 e. The number of likely N-dealkylation sites (tertiary alicyclic amines) is 1. The van der Waals surface area contributed by atoms with E-state index >= 15 is 0 Å². The molecule has 0 spiro atoms. The van der Waals surface area contributed by atoms with Crippen LogP contribution in [0.15, 0.2) is 54.6 Å². The van der Waals surface area contributed by atoms with E-state index in [1.54, 1.807) is 12.1 Å². The van der Waals surface area contributed by atoms with Crippen molar-refractivity contribution < 1.29 is 14.0 Å². The molecule has 2 aliphatic rings. The first-order valence-electron chi connectivity index (χ1n) is 9.99. The van der Waals surface area contributed by atoms with E-state index in [0.717, 1.165) is 36.8 Å². The molecule has 0 unspecified atom stereocenters. The van der Waals surface area contributed by atoms with Gasteiger partial charge in [-0.2, -0.15) is 0 Å². The molecule has 2 atom stereocenters. The lowest BCUT2D eigenvalue weighted by atomic mass is 9.88. The molecule has 4 nitrogen and oxygen atoms in total. The predicted octanol–water partition coefficient (Wildman–Crippen LogP) is 3.83. The van der Waals surface area contributed by atoms with Crippen LogP contribution in [0, 0.1) is 17.7 Å². The molecule has 0 aromatic heterocycles. The molecule has 28 heavy (non-hydrogen) atoms. The van der Waals surface area contributed by atoms with Crippen LogP contribution in [0.5, 0.6) is 0 Å². The third kappa shape index (κ3) is 4.24. The molecular formula is C23H25FN2O2. The second-order valence-electron chi connectivity index (χ2n) is 7.81. The number of hydrogen-bond donors (Lipinski definition) is 1. The first kappa shape index (κ1) is 18.7. The Morgan fingerprint density at radius 3 is 2.43 bits per heavy atom. The fourth-order valence-corrected chi connectivity index (χ4v) is 4.00. The third-order valence-electron chi connectivity index (χ3n) is 5.70. The number of piperidine rings is 1. The van der Waals surface area contributed by atoms with Crippen LogP contribution < -0.4 is 5.32 Å². The topological polar surface area (TPSA) is 49.4 Å². The highest BCUT2D eigenvalue weighted by Gasteiger charge is 2.41. The summed E-state index contributed by atoms with van der Waals surface area (Å²) in [7, 11) is 0. The molecule has 0 bridgehead atoms. The van der Waals surface area contributed by atoms with Gasteiger partial charge in [-0.25, -0.2) is 4.39 Å². The molecule has 146 valence electrons. The van der Waals surface area contributed by atoms with Crippen LogP contribution in [0.25, 0.3) is 0 Å². The van der Waals surface area contributed by atoms with Gasteiger partial charge in [-0.15, -0.1) is 0 Å². The molecule has 5 heteroatoms. The summed E-state index contributed by atoms with van der Waals surface area (Å²) in [6, 6.07) is 16.4. The Morgan fingerprint density at radius 1 is 0.964 bits per heavy atom. The van der Waals surface area contributed by atoms with Gasteiger partial charge in [0.1, 0.15) is 5.82 Å². The van der Waals surface area contributed by atoms with Crippen LogP contribution in [0.4, 0.5) is 4.39 Å². The smallest absolute Gasteiger partial charge is 0.226 e. The summed E-state index contributed by atoms with van der Waals surface area (Å²) in [5.74, 6) is -0.297. The van der Waals surface area contributed by atoms with E-state index < -0.39 is 0 Å². The fourth-order valence-electron chi connectivity index (χ4n) is 4.00. The minimum atomic E-state index is -0.309. The van der Waals surface area contributed by atoms with E-state index in [2.05, 4.69) is 17.4 Å². The molecule has 2 amide bonds. The van der Waals surface area contributed by atoms with Crippen molar-refractivity contribution in [2.75, 3.05) is 6.54 Å². The summed E-state index contributed by atoms with van der Waals surface area (Å²) in [5, 5.41) is 2.91. The second-order valence-corrected chi connectivity index (χ2v) is 7.81. The summed E-state index contributed by atoms with van der Waals surface area (Å²) in [4.78, 5) is 27.5. The maximum Gasteiger partial charge on any atom is 0.226 e. The van der Waals surface area contributed by atoms with Crippen molar-refractivity contribution in [2.45, 2.75) is 38.3 Å². The van der Waals surface area contributed by atoms with Crippen molar-refractivity contribution in [1.29, 1.82) is 0 Å². The molecule has 1 saturated carbocycles. The number of rotatable bonds is 5. The van der Waals surface area contributed by atoms with Gasteiger partial charge in [-0.05, 0) is 48.9 Å². The largest absolute Gasteiger partial charge is 0.352 e. The second kappa shape index (κ2) is 8.13. The average Bonchev–Trinajstić information content (AvgIpc) is 3.57. The zero-order valence-corrected chi connectivity index (χ0v) is 15.8. The number of benzene rings is 2. The molecule has 1 N–H and O–H groups in total. The van der Waals surface area contributed by atoms with Gasteiger partial charge >= 0.3 is 0 Å². The quantitative estimate of drug-likeness (QED) is 0.857. The van der Waals surface area contributed by atoms with E-state index in [1.165, 1.54) is 12.1 Å². The van der Waals surface area contributed by atoms with Crippen molar-refractivity contribution in [2.24, 2.45) is 11.8 Å². The number of carbonyl (C=O) groups is 2. The first-order chi connectivity index (χ1) is 13.6. The number of nitrogens with zero attached hydrogens (tertiary/aromatic N) is 1. The van der Waals surface area contributed by atoms with Crippen LogP contribution in [0.3, 0.4) is 0 Å². The average molecular weight is 380 g/mol. The highest BCUT2D eigenvalue weighted by atomic mass is 19.1. The van der Waals surface area contributed by atoms with Crippen LogP contribution in [-0.4, -0.2) is 23.3 Å². The maximum absolute atomic E-state index is 13.3. The zero-order chi connectivity index (χ0) is 19.5. The van der Waals surface area contributed by atoms with Crippen molar-refractivity contribution in [3.05, 3.63) is 71.5 Å². The van der Waals surface area contributed by atoms with Crippen LogP contribution >= 0.6 is 0 Å². The standard InChI is InChI=1S/C23H25FN2O2/c24-20-8-4-5-16(13-20)14-25-22(27)19-11-12-21(17-6-2-1-3-7-17)26(15-19)23(28)18-9-10-18/h1-8,13,18-19,21H,9-12,14-15H2,(H,25,27)/t19-,21+/m0/s1. The van der Waals surface area contributed by atoms with Crippen LogP contribution in [0.2, 0.25) is 0 Å². The molecule has 2 aromatic rings. The van der Waals surface area contributed by atoms with Crippen LogP contribution in [-0.2, 0) is 16.1 Å². The number of carbonyl (C=O) groups excluding carboxylic acids is 2. The van der Waals surface area contributed by atoms with Gasteiger partial charge in [0.25, 0.3) is 0 Å². The molecule has 2 aromatic carbocycles. The van der Waals surface area contributed by atoms with Gasteiger partial charge in [-0.3, -0.25) is 9.59 Å². The molecule has 1 aliphatic heterocycles. The summed E-state index contributed by atoms with van der Waals surface area (Å²) < 4.78 is 13.3. The van der Waals surface area contributed by atoms with E-state index in [1.807, 2.05) is 23.1 Å². The Hall–Kier alpha value is -2.69. The van der Waals surface area contributed by atoms with E-state index in [0.29, 0.717) is 13.1 Å². The van der Waals surface area contributed by atoms with Crippen molar-refractivity contribution in [1.82, 2.24) is 10.2 Å². The van der Waals surface area contributed by atoms with Crippen molar-refractivity contribution >= 4 is 11.8 Å².